The molecular formula is C13H13N3O4. The van der Waals surface area contributed by atoms with Gasteiger partial charge in [0.2, 0.25) is 0 Å². The smallest absolute Gasteiger partial charge is 0.305 e. The Morgan fingerprint density at radius 3 is 2.80 bits per heavy atom. The Bertz CT molecular complexity index is 623. The number of amides is 1. The predicted octanol–water partition coefficient (Wildman–Crippen LogP) is 2.16. The molecule has 0 unspecified atom stereocenters. The van der Waals surface area contributed by atoms with Crippen LogP contribution in [-0.4, -0.2) is 17.9 Å². The van der Waals surface area contributed by atoms with Crippen LogP contribution >= 0.6 is 0 Å². The third-order valence-electron chi connectivity index (χ3n) is 2.77. The van der Waals surface area contributed by atoms with Crippen LogP contribution in [-0.2, 0) is 6.54 Å². The number of carbonyl (C=O) groups is 1. The van der Waals surface area contributed by atoms with Gasteiger partial charge in [-0.05, 0) is 18.2 Å². The summed E-state index contributed by atoms with van der Waals surface area (Å²) in [6.45, 7) is 0.246. The van der Waals surface area contributed by atoms with Crippen LogP contribution in [0, 0.1) is 10.1 Å². The minimum absolute atomic E-state index is 0.0188. The summed E-state index contributed by atoms with van der Waals surface area (Å²) in [5, 5.41) is 16.4. The number of nitrogens with one attached hydrogen (secondary N) is 2. The lowest BCUT2D eigenvalue weighted by Crippen LogP contribution is -2.23. The summed E-state index contributed by atoms with van der Waals surface area (Å²) >= 11 is 0. The normalized spacial score (nSPS) is 10.1. The van der Waals surface area contributed by atoms with Crippen LogP contribution in [0.25, 0.3) is 0 Å². The molecule has 0 atom stereocenters. The topological polar surface area (TPSA) is 97.4 Å². The molecule has 1 aromatic carbocycles. The van der Waals surface area contributed by atoms with E-state index in [-0.39, 0.29) is 17.8 Å². The summed E-state index contributed by atoms with van der Waals surface area (Å²) in [7, 11) is 1.56. The van der Waals surface area contributed by atoms with Crippen LogP contribution < -0.4 is 10.6 Å². The molecule has 0 bridgehead atoms. The van der Waals surface area contributed by atoms with Crippen molar-refractivity contribution in [1.82, 2.24) is 5.32 Å². The molecule has 7 heteroatoms. The molecule has 1 amide bonds. The summed E-state index contributed by atoms with van der Waals surface area (Å²) < 4.78 is 4.88. The van der Waals surface area contributed by atoms with Gasteiger partial charge in [-0.25, -0.2) is 0 Å². The lowest BCUT2D eigenvalue weighted by Gasteiger charge is -2.07. The van der Waals surface area contributed by atoms with E-state index < -0.39 is 10.8 Å². The molecule has 0 fully saturated rings. The van der Waals surface area contributed by atoms with E-state index in [0.717, 1.165) is 5.56 Å². The third kappa shape index (κ3) is 2.77. The summed E-state index contributed by atoms with van der Waals surface area (Å²) in [5.74, 6) is -0.505. The molecule has 0 aliphatic heterocycles. The number of carbonyl (C=O) groups excluding carboxylic acids is 1. The fourth-order valence-corrected chi connectivity index (χ4v) is 1.80. The lowest BCUT2D eigenvalue weighted by atomic mass is 10.1. The Kier molecular flexibility index (Phi) is 3.99. The van der Waals surface area contributed by atoms with Gasteiger partial charge < -0.3 is 15.1 Å². The maximum absolute atomic E-state index is 12.1. The van der Waals surface area contributed by atoms with Gasteiger partial charge in [-0.15, -0.1) is 0 Å². The van der Waals surface area contributed by atoms with E-state index in [1.54, 1.807) is 25.2 Å². The van der Waals surface area contributed by atoms with E-state index >= 15 is 0 Å². The molecule has 0 saturated heterocycles. The monoisotopic (exact) mass is 275 g/mol. The van der Waals surface area contributed by atoms with Crippen molar-refractivity contribution in [3.05, 3.63) is 58.0 Å². The third-order valence-corrected chi connectivity index (χ3v) is 2.77. The summed E-state index contributed by atoms with van der Waals surface area (Å²) in [4.78, 5) is 22.6. The highest BCUT2D eigenvalue weighted by Gasteiger charge is 2.23. The maximum atomic E-state index is 12.1. The molecule has 1 heterocycles. The van der Waals surface area contributed by atoms with E-state index in [2.05, 4.69) is 10.6 Å². The average molecular weight is 275 g/mol. The zero-order valence-corrected chi connectivity index (χ0v) is 10.8. The highest BCUT2D eigenvalue weighted by Crippen LogP contribution is 2.28. The maximum Gasteiger partial charge on any atom is 0.305 e. The first-order valence-electron chi connectivity index (χ1n) is 5.88. The number of furan rings is 1. The second-order valence-corrected chi connectivity index (χ2v) is 4.02. The lowest BCUT2D eigenvalue weighted by molar-refractivity contribution is -0.384. The summed E-state index contributed by atoms with van der Waals surface area (Å²) in [6, 6.07) is 6.26. The molecule has 0 aliphatic carbocycles. The van der Waals surface area contributed by atoms with E-state index in [1.807, 2.05) is 0 Å². The van der Waals surface area contributed by atoms with Crippen LogP contribution in [0.1, 0.15) is 15.9 Å². The van der Waals surface area contributed by atoms with Crippen molar-refractivity contribution in [1.29, 1.82) is 0 Å². The van der Waals surface area contributed by atoms with Gasteiger partial charge in [-0.3, -0.25) is 14.9 Å². The van der Waals surface area contributed by atoms with Crippen LogP contribution in [0.4, 0.5) is 11.4 Å². The Morgan fingerprint density at radius 1 is 1.40 bits per heavy atom. The number of nitrogens with zero attached hydrogens (tertiary/aromatic N) is 1. The van der Waals surface area contributed by atoms with E-state index in [1.165, 1.54) is 18.6 Å². The van der Waals surface area contributed by atoms with Crippen LogP contribution in [0.2, 0.25) is 0 Å². The second kappa shape index (κ2) is 5.87. The number of nitro benzene ring substituents is 1. The Hall–Kier alpha value is -2.83. The number of anilines is 1. The number of hydrogen-bond acceptors (Lipinski definition) is 5. The van der Waals surface area contributed by atoms with Gasteiger partial charge in [0, 0.05) is 19.2 Å². The van der Waals surface area contributed by atoms with Gasteiger partial charge in [-0.2, -0.15) is 0 Å². The second-order valence-electron chi connectivity index (χ2n) is 4.02. The summed E-state index contributed by atoms with van der Waals surface area (Å²) in [6.07, 6.45) is 2.99. The number of hydrogen-bond donors (Lipinski definition) is 2. The predicted molar refractivity (Wildman–Crippen MR) is 72.5 cm³/mol. The quantitative estimate of drug-likeness (QED) is 0.643. The number of benzene rings is 1. The van der Waals surface area contributed by atoms with E-state index in [4.69, 9.17) is 4.42 Å². The van der Waals surface area contributed by atoms with Crippen molar-refractivity contribution >= 4 is 17.3 Å². The number of nitro groups is 1. The van der Waals surface area contributed by atoms with Gasteiger partial charge in [0.05, 0.1) is 17.4 Å². The average Bonchev–Trinajstić information content (AvgIpc) is 2.96. The molecular weight excluding hydrogens is 262 g/mol. The van der Waals surface area contributed by atoms with Gasteiger partial charge in [0.25, 0.3) is 5.91 Å². The van der Waals surface area contributed by atoms with Gasteiger partial charge >= 0.3 is 5.69 Å². The van der Waals surface area contributed by atoms with Crippen molar-refractivity contribution in [2.24, 2.45) is 0 Å². The molecule has 0 aliphatic rings. The minimum Gasteiger partial charge on any atom is -0.472 e. The largest absolute Gasteiger partial charge is 0.472 e. The Morgan fingerprint density at radius 2 is 2.20 bits per heavy atom. The molecule has 2 aromatic rings. The van der Waals surface area contributed by atoms with Gasteiger partial charge in [-0.1, -0.05) is 6.07 Å². The number of para-hydroxylation sites is 1. The molecule has 2 rings (SSSR count). The van der Waals surface area contributed by atoms with Crippen LogP contribution in [0.3, 0.4) is 0 Å². The molecule has 20 heavy (non-hydrogen) atoms. The van der Waals surface area contributed by atoms with Gasteiger partial charge in [0.15, 0.2) is 0 Å². The first kappa shape index (κ1) is 13.6. The first-order valence-corrected chi connectivity index (χ1v) is 5.88. The molecule has 1 aromatic heterocycles. The minimum atomic E-state index is -0.571. The van der Waals surface area contributed by atoms with Gasteiger partial charge in [0.1, 0.15) is 11.3 Å². The van der Waals surface area contributed by atoms with Crippen LogP contribution in [0.5, 0.6) is 0 Å². The van der Waals surface area contributed by atoms with Crippen molar-refractivity contribution < 1.29 is 14.1 Å². The Labute approximate surface area is 114 Å². The zero-order chi connectivity index (χ0) is 14.5. The fraction of sp³-hybridized carbons (Fsp3) is 0.154. The first-order chi connectivity index (χ1) is 9.63. The summed E-state index contributed by atoms with van der Waals surface area (Å²) in [5.41, 5.74) is 0.863. The van der Waals surface area contributed by atoms with Crippen molar-refractivity contribution in [2.75, 3.05) is 12.4 Å². The number of rotatable bonds is 5. The highest BCUT2D eigenvalue weighted by molar-refractivity contribution is 6.00. The van der Waals surface area contributed by atoms with Crippen molar-refractivity contribution in [3.63, 3.8) is 0 Å². The van der Waals surface area contributed by atoms with E-state index in [9.17, 15) is 14.9 Å². The molecule has 104 valence electrons. The fourth-order valence-electron chi connectivity index (χ4n) is 1.80. The standard InChI is InChI=1S/C13H13N3O4/c1-14-11-4-2-3-10(12(11)16(18)19)13(17)15-7-9-5-6-20-8-9/h2-6,8,14H,7H2,1H3,(H,15,17). The molecule has 2 N–H and O–H groups in total. The molecule has 0 radical (unpaired) electrons. The van der Waals surface area contributed by atoms with Crippen molar-refractivity contribution in [3.8, 4) is 0 Å². The zero-order valence-electron chi connectivity index (χ0n) is 10.8. The van der Waals surface area contributed by atoms with Crippen LogP contribution in [0.15, 0.2) is 41.2 Å². The molecule has 0 spiro atoms. The van der Waals surface area contributed by atoms with Crippen molar-refractivity contribution in [2.45, 2.75) is 6.54 Å². The highest BCUT2D eigenvalue weighted by atomic mass is 16.6. The van der Waals surface area contributed by atoms with E-state index in [0.29, 0.717) is 5.69 Å². The Balaban J connectivity index is 2.23. The molecule has 0 saturated carbocycles. The molecule has 7 nitrogen and oxygen atoms in total. The SMILES string of the molecule is CNc1cccc(C(=O)NCc2ccoc2)c1[N+](=O)[O-].